The van der Waals surface area contributed by atoms with Crippen molar-refractivity contribution < 1.29 is 9.84 Å². The first-order chi connectivity index (χ1) is 7.27. The second-order valence-corrected chi connectivity index (χ2v) is 3.46. The van der Waals surface area contributed by atoms with Gasteiger partial charge in [-0.2, -0.15) is 0 Å². The molecule has 0 heterocycles. The van der Waals surface area contributed by atoms with Crippen LogP contribution in [0, 0.1) is 0 Å². The largest absolute Gasteiger partial charge is 0.368 e. The highest BCUT2D eigenvalue weighted by molar-refractivity contribution is 5.51. The highest BCUT2D eigenvalue weighted by atomic mass is 16.6. The average Bonchev–Trinajstić information content (AvgIpc) is 2.27. The summed E-state index contributed by atoms with van der Waals surface area (Å²) in [4.78, 5) is 0. The summed E-state index contributed by atoms with van der Waals surface area (Å²) in [5.74, 6) is 0. The van der Waals surface area contributed by atoms with E-state index in [1.54, 1.807) is 6.08 Å². The Morgan fingerprint density at radius 2 is 2.20 bits per heavy atom. The maximum Gasteiger partial charge on any atom is 0.154 e. The quantitative estimate of drug-likeness (QED) is 0.725. The van der Waals surface area contributed by atoms with E-state index in [-0.39, 0.29) is 0 Å². The molecule has 0 aliphatic carbocycles. The van der Waals surface area contributed by atoms with Gasteiger partial charge in [0.1, 0.15) is 0 Å². The summed E-state index contributed by atoms with van der Waals surface area (Å²) in [6, 6.07) is 7.88. The molecule has 1 N–H and O–H groups in total. The Hall–Kier alpha value is -1.12. The predicted molar refractivity (Wildman–Crippen MR) is 62.2 cm³/mol. The molecule has 0 saturated heterocycles. The van der Waals surface area contributed by atoms with Gasteiger partial charge in [-0.05, 0) is 17.5 Å². The van der Waals surface area contributed by atoms with E-state index in [0.29, 0.717) is 13.0 Å². The van der Waals surface area contributed by atoms with Crippen LogP contribution in [0.4, 0.5) is 0 Å². The summed E-state index contributed by atoms with van der Waals surface area (Å²) in [5, 5.41) is 9.43. The highest BCUT2D eigenvalue weighted by Gasteiger charge is 2.04. The molecule has 0 spiro atoms. The van der Waals surface area contributed by atoms with Crippen molar-refractivity contribution >= 4 is 6.08 Å². The number of aliphatic hydroxyl groups excluding tert-OH is 1. The van der Waals surface area contributed by atoms with Gasteiger partial charge in [-0.15, -0.1) is 0 Å². The summed E-state index contributed by atoms with van der Waals surface area (Å²) in [5.41, 5.74) is 2.11. The zero-order valence-electron chi connectivity index (χ0n) is 9.15. The molecular formula is C13H18O2. The minimum atomic E-state index is -0.659. The monoisotopic (exact) mass is 206 g/mol. The van der Waals surface area contributed by atoms with Crippen molar-refractivity contribution in [2.24, 2.45) is 0 Å². The summed E-state index contributed by atoms with van der Waals surface area (Å²) in [7, 11) is 0. The summed E-state index contributed by atoms with van der Waals surface area (Å²) in [6.45, 7) is 6.19. The first-order valence-electron chi connectivity index (χ1n) is 5.28. The molecule has 2 heteroatoms. The normalized spacial score (nSPS) is 12.4. The minimum Gasteiger partial charge on any atom is -0.368 e. The fourth-order valence-electron chi connectivity index (χ4n) is 1.38. The van der Waals surface area contributed by atoms with Crippen molar-refractivity contribution in [3.05, 3.63) is 42.0 Å². The van der Waals surface area contributed by atoms with Crippen LogP contribution in [0.5, 0.6) is 0 Å². The Balaban J connectivity index is 2.53. The van der Waals surface area contributed by atoms with Crippen LogP contribution in [0.3, 0.4) is 0 Å². The van der Waals surface area contributed by atoms with Gasteiger partial charge in [0.2, 0.25) is 0 Å². The number of hydrogen-bond acceptors (Lipinski definition) is 2. The van der Waals surface area contributed by atoms with Gasteiger partial charge in [0.25, 0.3) is 0 Å². The molecule has 15 heavy (non-hydrogen) atoms. The third-order valence-electron chi connectivity index (χ3n) is 2.24. The molecule has 1 unspecified atom stereocenters. The van der Waals surface area contributed by atoms with Crippen molar-refractivity contribution in [3.8, 4) is 0 Å². The molecule has 0 aliphatic heterocycles. The molecule has 1 aromatic rings. The molecule has 0 amide bonds. The summed E-state index contributed by atoms with van der Waals surface area (Å²) < 4.78 is 5.32. The third-order valence-corrected chi connectivity index (χ3v) is 2.24. The van der Waals surface area contributed by atoms with Crippen molar-refractivity contribution in [3.63, 3.8) is 0 Å². The van der Waals surface area contributed by atoms with E-state index < -0.39 is 6.29 Å². The molecule has 1 aromatic carbocycles. The predicted octanol–water partition coefficient (Wildman–Crippen LogP) is 2.96. The molecule has 0 aromatic heterocycles. The topological polar surface area (TPSA) is 29.5 Å². The van der Waals surface area contributed by atoms with Crippen LogP contribution in [0.15, 0.2) is 30.8 Å². The Bertz CT molecular complexity index is 307. The Kier molecular flexibility index (Phi) is 5.08. The van der Waals surface area contributed by atoms with E-state index >= 15 is 0 Å². The molecule has 0 radical (unpaired) electrons. The number of ether oxygens (including phenoxy) is 1. The lowest BCUT2D eigenvalue weighted by atomic mass is 10.1. The molecule has 1 rings (SSSR count). The third kappa shape index (κ3) is 3.86. The standard InChI is InChI=1S/C13H18O2/c1-3-7-13(14)15-10-12-9-6-5-8-11(12)4-2/h4-6,8-9,13-14H,2-3,7,10H2,1H3. The molecule has 2 nitrogen and oxygen atoms in total. The second kappa shape index (κ2) is 6.38. The molecule has 1 atom stereocenters. The van der Waals surface area contributed by atoms with E-state index in [0.717, 1.165) is 17.5 Å². The van der Waals surface area contributed by atoms with E-state index in [1.807, 2.05) is 31.2 Å². The van der Waals surface area contributed by atoms with E-state index in [4.69, 9.17) is 4.74 Å². The average molecular weight is 206 g/mol. The van der Waals surface area contributed by atoms with E-state index in [9.17, 15) is 5.11 Å². The lowest BCUT2D eigenvalue weighted by Gasteiger charge is -2.12. The Morgan fingerprint density at radius 3 is 2.87 bits per heavy atom. The van der Waals surface area contributed by atoms with Gasteiger partial charge >= 0.3 is 0 Å². The van der Waals surface area contributed by atoms with Crippen molar-refractivity contribution in [2.45, 2.75) is 32.7 Å². The first kappa shape index (κ1) is 12.0. The van der Waals surface area contributed by atoms with Crippen LogP contribution in [0.25, 0.3) is 6.08 Å². The van der Waals surface area contributed by atoms with Crippen LogP contribution < -0.4 is 0 Å². The summed E-state index contributed by atoms with van der Waals surface area (Å²) >= 11 is 0. The lowest BCUT2D eigenvalue weighted by molar-refractivity contribution is -0.112. The van der Waals surface area contributed by atoms with Crippen LogP contribution in [-0.2, 0) is 11.3 Å². The second-order valence-electron chi connectivity index (χ2n) is 3.46. The smallest absolute Gasteiger partial charge is 0.154 e. The molecule has 82 valence electrons. The number of aliphatic hydroxyl groups is 1. The van der Waals surface area contributed by atoms with Crippen molar-refractivity contribution in [1.82, 2.24) is 0 Å². The molecule has 0 fully saturated rings. The molecule has 0 aliphatic rings. The zero-order chi connectivity index (χ0) is 11.1. The van der Waals surface area contributed by atoms with Gasteiger partial charge in [0.05, 0.1) is 6.61 Å². The lowest BCUT2D eigenvalue weighted by Crippen LogP contribution is -2.11. The zero-order valence-corrected chi connectivity index (χ0v) is 9.15. The van der Waals surface area contributed by atoms with Crippen molar-refractivity contribution in [2.75, 3.05) is 0 Å². The van der Waals surface area contributed by atoms with Gasteiger partial charge in [0.15, 0.2) is 6.29 Å². The van der Waals surface area contributed by atoms with Gasteiger partial charge in [0, 0.05) is 0 Å². The SMILES string of the molecule is C=Cc1ccccc1COC(O)CCC. The maximum atomic E-state index is 9.43. The number of benzene rings is 1. The van der Waals surface area contributed by atoms with E-state index in [2.05, 4.69) is 6.58 Å². The van der Waals surface area contributed by atoms with Crippen LogP contribution >= 0.6 is 0 Å². The van der Waals surface area contributed by atoms with Gasteiger partial charge in [-0.3, -0.25) is 0 Å². The number of rotatable bonds is 6. The van der Waals surface area contributed by atoms with Gasteiger partial charge in [-0.25, -0.2) is 0 Å². The minimum absolute atomic E-state index is 0.434. The van der Waals surface area contributed by atoms with Crippen LogP contribution in [0.2, 0.25) is 0 Å². The Labute approximate surface area is 91.2 Å². The molecular weight excluding hydrogens is 188 g/mol. The van der Waals surface area contributed by atoms with Crippen molar-refractivity contribution in [1.29, 1.82) is 0 Å². The first-order valence-corrected chi connectivity index (χ1v) is 5.28. The fourth-order valence-corrected chi connectivity index (χ4v) is 1.38. The molecule has 0 bridgehead atoms. The fraction of sp³-hybridized carbons (Fsp3) is 0.385. The number of hydrogen-bond donors (Lipinski definition) is 1. The summed E-state index contributed by atoms with van der Waals surface area (Å²) in [6.07, 6.45) is 2.73. The van der Waals surface area contributed by atoms with Crippen LogP contribution in [0.1, 0.15) is 30.9 Å². The highest BCUT2D eigenvalue weighted by Crippen LogP contribution is 2.12. The maximum absolute atomic E-state index is 9.43. The van der Waals surface area contributed by atoms with Gasteiger partial charge < -0.3 is 9.84 Å². The van der Waals surface area contributed by atoms with Crippen LogP contribution in [-0.4, -0.2) is 11.4 Å². The Morgan fingerprint density at radius 1 is 1.47 bits per heavy atom. The molecule has 0 saturated carbocycles. The van der Waals surface area contributed by atoms with Gasteiger partial charge in [-0.1, -0.05) is 50.3 Å². The van der Waals surface area contributed by atoms with E-state index in [1.165, 1.54) is 0 Å².